The molecule has 0 unspecified atom stereocenters. The Balaban J connectivity index is 1.68. The van der Waals surface area contributed by atoms with Crippen LogP contribution in [0.3, 0.4) is 0 Å². The average molecular weight is 280 g/mol. The van der Waals surface area contributed by atoms with Gasteiger partial charge in [-0.05, 0) is 37.4 Å². The maximum atomic E-state index is 11.3. The zero-order valence-electron chi connectivity index (χ0n) is 12.6. The summed E-state index contributed by atoms with van der Waals surface area (Å²) in [5.74, 6) is 0.615. The van der Waals surface area contributed by atoms with E-state index in [4.69, 9.17) is 4.74 Å². The molecule has 0 spiro atoms. The van der Waals surface area contributed by atoms with E-state index in [1.54, 1.807) is 14.1 Å². The van der Waals surface area contributed by atoms with E-state index in [0.29, 0.717) is 12.5 Å². The van der Waals surface area contributed by atoms with Crippen molar-refractivity contribution < 1.29 is 9.53 Å². The van der Waals surface area contributed by atoms with Gasteiger partial charge in [0.1, 0.15) is 6.61 Å². The van der Waals surface area contributed by atoms with Gasteiger partial charge in [0, 0.05) is 33.9 Å². The highest BCUT2D eigenvalue weighted by atomic mass is 16.6. The lowest BCUT2D eigenvalue weighted by molar-refractivity contribution is 0.0977. The van der Waals surface area contributed by atoms with Gasteiger partial charge in [-0.2, -0.15) is 5.10 Å². The minimum atomic E-state index is -0.268. The second-order valence-electron chi connectivity index (χ2n) is 5.57. The fourth-order valence-electron chi connectivity index (χ4n) is 2.53. The standard InChI is InChI=1S/C14H24N4O2/c1-16(2)14(19)20-9-8-18-6-4-12(5-7-18)13-10-15-17(3)11-13/h10-12H,4-9H2,1-3H3. The Hall–Kier alpha value is -1.56. The van der Waals surface area contributed by atoms with Gasteiger partial charge in [0.25, 0.3) is 0 Å². The number of ether oxygens (including phenoxy) is 1. The van der Waals surface area contributed by atoms with Crippen LogP contribution in [0, 0.1) is 0 Å². The molecular weight excluding hydrogens is 256 g/mol. The van der Waals surface area contributed by atoms with Crippen LogP contribution < -0.4 is 0 Å². The number of carbonyl (C=O) groups excluding carboxylic acids is 1. The summed E-state index contributed by atoms with van der Waals surface area (Å²) in [5.41, 5.74) is 1.34. The third kappa shape index (κ3) is 3.96. The molecule has 112 valence electrons. The van der Waals surface area contributed by atoms with E-state index >= 15 is 0 Å². The molecule has 1 fully saturated rings. The van der Waals surface area contributed by atoms with Crippen molar-refractivity contribution in [1.82, 2.24) is 19.6 Å². The number of aryl methyl sites for hydroxylation is 1. The molecule has 6 nitrogen and oxygen atoms in total. The van der Waals surface area contributed by atoms with Crippen LogP contribution in [-0.2, 0) is 11.8 Å². The molecular formula is C14H24N4O2. The average Bonchev–Trinajstić information content (AvgIpc) is 2.86. The van der Waals surface area contributed by atoms with E-state index in [-0.39, 0.29) is 6.09 Å². The largest absolute Gasteiger partial charge is 0.448 e. The first-order chi connectivity index (χ1) is 9.56. The van der Waals surface area contributed by atoms with Crippen LogP contribution >= 0.6 is 0 Å². The Morgan fingerprint density at radius 3 is 2.70 bits per heavy atom. The second-order valence-corrected chi connectivity index (χ2v) is 5.57. The Labute approximate surface area is 120 Å². The molecule has 0 aliphatic carbocycles. The number of hydrogen-bond acceptors (Lipinski definition) is 4. The van der Waals surface area contributed by atoms with Gasteiger partial charge >= 0.3 is 6.09 Å². The van der Waals surface area contributed by atoms with E-state index in [1.807, 2.05) is 17.9 Å². The molecule has 0 atom stereocenters. The molecule has 2 heterocycles. The molecule has 0 radical (unpaired) electrons. The molecule has 2 rings (SSSR count). The lowest BCUT2D eigenvalue weighted by atomic mass is 9.92. The highest BCUT2D eigenvalue weighted by Gasteiger charge is 2.21. The van der Waals surface area contributed by atoms with Crippen molar-refractivity contribution in [3.63, 3.8) is 0 Å². The van der Waals surface area contributed by atoms with Crippen molar-refractivity contribution in [3.05, 3.63) is 18.0 Å². The van der Waals surface area contributed by atoms with Gasteiger partial charge in [-0.3, -0.25) is 9.58 Å². The Morgan fingerprint density at radius 2 is 2.15 bits per heavy atom. The zero-order valence-corrected chi connectivity index (χ0v) is 12.6. The minimum Gasteiger partial charge on any atom is -0.448 e. The summed E-state index contributed by atoms with van der Waals surface area (Å²) in [4.78, 5) is 15.1. The first-order valence-corrected chi connectivity index (χ1v) is 7.11. The molecule has 0 bridgehead atoms. The molecule has 1 amide bonds. The molecule has 1 aliphatic heterocycles. The normalized spacial score (nSPS) is 17.1. The van der Waals surface area contributed by atoms with Crippen molar-refractivity contribution in [3.8, 4) is 0 Å². The fourth-order valence-corrected chi connectivity index (χ4v) is 2.53. The van der Waals surface area contributed by atoms with Gasteiger partial charge in [-0.15, -0.1) is 0 Å². The van der Waals surface area contributed by atoms with Crippen LogP contribution in [0.2, 0.25) is 0 Å². The number of nitrogens with zero attached hydrogens (tertiary/aromatic N) is 4. The lowest BCUT2D eigenvalue weighted by Crippen LogP contribution is -2.36. The van der Waals surface area contributed by atoms with Crippen LogP contribution in [0.5, 0.6) is 0 Å². The number of piperidine rings is 1. The minimum absolute atomic E-state index is 0.268. The van der Waals surface area contributed by atoms with E-state index < -0.39 is 0 Å². The molecule has 1 saturated heterocycles. The first kappa shape index (κ1) is 14.8. The molecule has 1 aromatic rings. The maximum Gasteiger partial charge on any atom is 0.409 e. The molecule has 6 heteroatoms. The topological polar surface area (TPSA) is 50.6 Å². The smallest absolute Gasteiger partial charge is 0.409 e. The van der Waals surface area contributed by atoms with E-state index in [1.165, 1.54) is 10.5 Å². The highest BCUT2D eigenvalue weighted by Crippen LogP contribution is 2.27. The second kappa shape index (κ2) is 6.74. The number of carbonyl (C=O) groups is 1. The summed E-state index contributed by atoms with van der Waals surface area (Å²) in [7, 11) is 5.35. The number of aromatic nitrogens is 2. The predicted octanol–water partition coefficient (Wildman–Crippen LogP) is 1.30. The Kier molecular flexibility index (Phi) is 5.00. The first-order valence-electron chi connectivity index (χ1n) is 7.11. The van der Waals surface area contributed by atoms with Crippen LogP contribution in [0.1, 0.15) is 24.3 Å². The lowest BCUT2D eigenvalue weighted by Gasteiger charge is -2.31. The van der Waals surface area contributed by atoms with Gasteiger partial charge in [-0.1, -0.05) is 0 Å². The predicted molar refractivity (Wildman–Crippen MR) is 76.7 cm³/mol. The zero-order chi connectivity index (χ0) is 14.5. The molecule has 0 saturated carbocycles. The summed E-state index contributed by atoms with van der Waals surface area (Å²) in [6.45, 7) is 3.39. The molecule has 1 aromatic heterocycles. The van der Waals surface area contributed by atoms with Gasteiger partial charge in [-0.25, -0.2) is 4.79 Å². The molecule has 0 aromatic carbocycles. The number of hydrogen-bond donors (Lipinski definition) is 0. The van der Waals surface area contributed by atoms with Crippen LogP contribution in [0.25, 0.3) is 0 Å². The van der Waals surface area contributed by atoms with Crippen molar-refractivity contribution in [2.24, 2.45) is 7.05 Å². The van der Waals surface area contributed by atoms with E-state index in [9.17, 15) is 4.79 Å². The Morgan fingerprint density at radius 1 is 1.45 bits per heavy atom. The van der Waals surface area contributed by atoms with Crippen LogP contribution in [-0.4, -0.2) is 66.0 Å². The van der Waals surface area contributed by atoms with Gasteiger partial charge in [0.15, 0.2) is 0 Å². The summed E-state index contributed by atoms with van der Waals surface area (Å²) >= 11 is 0. The fraction of sp³-hybridized carbons (Fsp3) is 0.714. The number of amides is 1. The molecule has 20 heavy (non-hydrogen) atoms. The summed E-state index contributed by atoms with van der Waals surface area (Å²) in [6.07, 6.45) is 6.11. The summed E-state index contributed by atoms with van der Waals surface area (Å²) in [5, 5.41) is 4.24. The summed E-state index contributed by atoms with van der Waals surface area (Å²) in [6, 6.07) is 0. The molecule has 0 N–H and O–H groups in total. The number of likely N-dealkylation sites (tertiary alicyclic amines) is 1. The van der Waals surface area contributed by atoms with Crippen LogP contribution in [0.4, 0.5) is 4.79 Å². The highest BCUT2D eigenvalue weighted by molar-refractivity contribution is 5.66. The van der Waals surface area contributed by atoms with Crippen molar-refractivity contribution in [2.45, 2.75) is 18.8 Å². The SMILES string of the molecule is CN(C)C(=O)OCCN1CCC(c2cnn(C)c2)CC1. The van der Waals surface area contributed by atoms with E-state index in [0.717, 1.165) is 32.5 Å². The Bertz CT molecular complexity index is 436. The third-order valence-electron chi connectivity index (χ3n) is 3.78. The summed E-state index contributed by atoms with van der Waals surface area (Å²) < 4.78 is 7.02. The third-order valence-corrected chi connectivity index (χ3v) is 3.78. The van der Waals surface area contributed by atoms with Crippen molar-refractivity contribution in [2.75, 3.05) is 40.3 Å². The van der Waals surface area contributed by atoms with Crippen LogP contribution in [0.15, 0.2) is 12.4 Å². The van der Waals surface area contributed by atoms with Crippen molar-refractivity contribution in [1.29, 1.82) is 0 Å². The van der Waals surface area contributed by atoms with Crippen molar-refractivity contribution >= 4 is 6.09 Å². The number of rotatable bonds is 4. The maximum absolute atomic E-state index is 11.3. The monoisotopic (exact) mass is 280 g/mol. The quantitative estimate of drug-likeness (QED) is 0.834. The van der Waals surface area contributed by atoms with E-state index in [2.05, 4.69) is 16.2 Å². The van der Waals surface area contributed by atoms with Gasteiger partial charge < -0.3 is 9.64 Å². The van der Waals surface area contributed by atoms with Gasteiger partial charge in [0.2, 0.25) is 0 Å². The van der Waals surface area contributed by atoms with Gasteiger partial charge in [0.05, 0.1) is 6.20 Å². The molecule has 1 aliphatic rings.